The van der Waals surface area contributed by atoms with Crippen LogP contribution in [0, 0.1) is 0 Å². The summed E-state index contributed by atoms with van der Waals surface area (Å²) < 4.78 is 7.57. The van der Waals surface area contributed by atoms with Gasteiger partial charge in [-0.1, -0.05) is 109 Å². The van der Waals surface area contributed by atoms with Gasteiger partial charge in [0.1, 0.15) is 11.6 Å². The summed E-state index contributed by atoms with van der Waals surface area (Å²) in [6.45, 7) is 5.22. The van der Waals surface area contributed by atoms with Crippen molar-refractivity contribution in [3.8, 4) is 5.75 Å². The van der Waals surface area contributed by atoms with Crippen LogP contribution >= 0.6 is 0 Å². The van der Waals surface area contributed by atoms with Crippen molar-refractivity contribution in [2.45, 2.75) is 116 Å². The Morgan fingerprint density at radius 1 is 0.842 bits per heavy atom. The molecule has 1 unspecified atom stereocenters. The van der Waals surface area contributed by atoms with Gasteiger partial charge in [0.15, 0.2) is 0 Å². The number of methoxy groups -OCH3 is 1. The lowest BCUT2D eigenvalue weighted by atomic mass is 10.0. The van der Waals surface area contributed by atoms with Crippen molar-refractivity contribution in [3.63, 3.8) is 0 Å². The average molecular weight is 520 g/mol. The van der Waals surface area contributed by atoms with Crippen molar-refractivity contribution in [2.75, 3.05) is 7.11 Å². The summed E-state index contributed by atoms with van der Waals surface area (Å²) in [6, 6.07) is 15.3. The molecule has 1 heterocycles. The van der Waals surface area contributed by atoms with E-state index in [-0.39, 0.29) is 11.9 Å². The van der Waals surface area contributed by atoms with Gasteiger partial charge in [0.2, 0.25) is 0 Å². The number of nitrogens with zero attached hydrogens (tertiary/aromatic N) is 2. The Balaban J connectivity index is 1.42. The molecule has 0 fully saturated rings. The first-order valence-electron chi connectivity index (χ1n) is 15.0. The highest BCUT2D eigenvalue weighted by Crippen LogP contribution is 2.23. The second-order valence-corrected chi connectivity index (χ2v) is 10.6. The number of fused-ring (bicyclic) bond motifs is 1. The SMILES string of the molecule is CCCCCCCCCCCCCCCCn1c(C(C)NC(=O)c2cccc(OC)c2)nc2ccccc21. The first kappa shape index (κ1) is 29.7. The van der Waals surface area contributed by atoms with E-state index >= 15 is 0 Å². The lowest BCUT2D eigenvalue weighted by molar-refractivity contribution is 0.0937. The number of rotatable bonds is 19. The average Bonchev–Trinajstić information content (AvgIpc) is 3.32. The van der Waals surface area contributed by atoms with E-state index < -0.39 is 0 Å². The Kier molecular flexibility index (Phi) is 13.2. The van der Waals surface area contributed by atoms with Crippen LogP contribution in [0.5, 0.6) is 5.75 Å². The van der Waals surface area contributed by atoms with E-state index in [2.05, 4.69) is 35.0 Å². The smallest absolute Gasteiger partial charge is 0.251 e. The minimum atomic E-state index is -0.201. The summed E-state index contributed by atoms with van der Waals surface area (Å²) in [6.07, 6.45) is 19.0. The van der Waals surface area contributed by atoms with Crippen LogP contribution in [0.1, 0.15) is 126 Å². The number of carbonyl (C=O) groups excluding carboxylic acids is 1. The fourth-order valence-corrected chi connectivity index (χ4v) is 5.23. The molecule has 0 saturated carbocycles. The fourth-order valence-electron chi connectivity index (χ4n) is 5.23. The van der Waals surface area contributed by atoms with Gasteiger partial charge in [-0.15, -0.1) is 0 Å². The molecule has 38 heavy (non-hydrogen) atoms. The lowest BCUT2D eigenvalue weighted by Crippen LogP contribution is -2.28. The zero-order valence-electron chi connectivity index (χ0n) is 24.0. The lowest BCUT2D eigenvalue weighted by Gasteiger charge is -2.17. The Bertz CT molecular complexity index is 1090. The van der Waals surface area contributed by atoms with Crippen molar-refractivity contribution >= 4 is 16.9 Å². The monoisotopic (exact) mass is 519 g/mol. The van der Waals surface area contributed by atoms with E-state index in [1.54, 1.807) is 13.2 Å². The number of ether oxygens (including phenoxy) is 1. The molecule has 0 radical (unpaired) electrons. The molecule has 208 valence electrons. The zero-order valence-corrected chi connectivity index (χ0v) is 24.0. The molecule has 0 saturated heterocycles. The number of hydrogen-bond donors (Lipinski definition) is 1. The number of imidazole rings is 1. The molecule has 0 bridgehead atoms. The van der Waals surface area contributed by atoms with Gasteiger partial charge < -0.3 is 14.6 Å². The van der Waals surface area contributed by atoms with E-state index in [1.165, 1.54) is 83.5 Å². The molecular weight excluding hydrogens is 470 g/mol. The van der Waals surface area contributed by atoms with E-state index in [9.17, 15) is 4.79 Å². The Morgan fingerprint density at radius 2 is 1.45 bits per heavy atom. The largest absolute Gasteiger partial charge is 0.497 e. The van der Waals surface area contributed by atoms with Crippen LogP contribution in [0.3, 0.4) is 0 Å². The standard InChI is InChI=1S/C33H49N3O2/c1-4-5-6-7-8-9-10-11-12-13-14-15-16-19-25-36-31-24-18-17-23-30(31)35-32(36)27(2)34-33(37)28-21-20-22-29(26-28)38-3/h17-18,20-24,26-27H,4-16,19,25H2,1-3H3,(H,34,37). The Hall–Kier alpha value is -2.82. The summed E-state index contributed by atoms with van der Waals surface area (Å²) >= 11 is 0. The van der Waals surface area contributed by atoms with Crippen LogP contribution in [-0.4, -0.2) is 22.6 Å². The van der Waals surface area contributed by atoms with Gasteiger partial charge in [-0.25, -0.2) is 4.98 Å². The van der Waals surface area contributed by atoms with Crippen LogP contribution in [0.4, 0.5) is 0 Å². The van der Waals surface area contributed by atoms with Crippen molar-refractivity contribution in [3.05, 3.63) is 59.9 Å². The maximum absolute atomic E-state index is 12.9. The topological polar surface area (TPSA) is 56.2 Å². The molecule has 1 aromatic heterocycles. The number of amides is 1. The van der Waals surface area contributed by atoms with E-state index in [1.807, 2.05) is 31.2 Å². The van der Waals surface area contributed by atoms with Gasteiger partial charge in [0.05, 0.1) is 24.2 Å². The predicted molar refractivity (Wildman–Crippen MR) is 159 cm³/mol. The number of aromatic nitrogens is 2. The molecular formula is C33H49N3O2. The second kappa shape index (κ2) is 16.9. The zero-order chi connectivity index (χ0) is 27.0. The van der Waals surface area contributed by atoms with Crippen molar-refractivity contribution < 1.29 is 9.53 Å². The third-order valence-electron chi connectivity index (χ3n) is 7.49. The number of para-hydroxylation sites is 2. The maximum atomic E-state index is 12.9. The van der Waals surface area contributed by atoms with Crippen LogP contribution in [0.15, 0.2) is 48.5 Å². The first-order chi connectivity index (χ1) is 18.6. The third-order valence-corrected chi connectivity index (χ3v) is 7.49. The molecule has 3 aromatic rings. The summed E-state index contributed by atoms with van der Waals surface area (Å²) in [5.41, 5.74) is 2.71. The highest BCUT2D eigenvalue weighted by atomic mass is 16.5. The third kappa shape index (κ3) is 9.49. The summed E-state index contributed by atoms with van der Waals surface area (Å²) in [5, 5.41) is 3.14. The van der Waals surface area contributed by atoms with Crippen molar-refractivity contribution in [2.24, 2.45) is 0 Å². The molecule has 3 rings (SSSR count). The first-order valence-corrected chi connectivity index (χ1v) is 15.0. The highest BCUT2D eigenvalue weighted by Gasteiger charge is 2.19. The molecule has 2 aromatic carbocycles. The Labute approximate surface area is 230 Å². The number of aryl methyl sites for hydroxylation is 1. The van der Waals surface area contributed by atoms with Gasteiger partial charge in [-0.3, -0.25) is 4.79 Å². The van der Waals surface area contributed by atoms with Crippen LogP contribution in [-0.2, 0) is 6.54 Å². The molecule has 0 aliphatic rings. The number of unbranched alkanes of at least 4 members (excludes halogenated alkanes) is 13. The Morgan fingerprint density at radius 3 is 2.08 bits per heavy atom. The summed E-state index contributed by atoms with van der Waals surface area (Å²) in [4.78, 5) is 17.8. The van der Waals surface area contributed by atoms with Crippen molar-refractivity contribution in [1.82, 2.24) is 14.9 Å². The molecule has 0 spiro atoms. The number of nitrogens with one attached hydrogen (secondary N) is 1. The molecule has 5 heteroatoms. The van der Waals surface area contributed by atoms with E-state index in [4.69, 9.17) is 9.72 Å². The van der Waals surface area contributed by atoms with E-state index in [0.717, 1.165) is 29.8 Å². The normalized spacial score (nSPS) is 12.1. The van der Waals surface area contributed by atoms with Crippen LogP contribution in [0.2, 0.25) is 0 Å². The molecule has 0 aliphatic carbocycles. The quantitative estimate of drug-likeness (QED) is 0.161. The molecule has 1 N–H and O–H groups in total. The maximum Gasteiger partial charge on any atom is 0.251 e. The molecule has 0 aliphatic heterocycles. The molecule has 1 amide bonds. The predicted octanol–water partition coefficient (Wildman–Crippen LogP) is 9.02. The van der Waals surface area contributed by atoms with Gasteiger partial charge in [0.25, 0.3) is 5.91 Å². The van der Waals surface area contributed by atoms with E-state index in [0.29, 0.717) is 11.3 Å². The number of carbonyl (C=O) groups is 1. The minimum absolute atomic E-state index is 0.119. The van der Waals surface area contributed by atoms with Gasteiger partial charge in [-0.05, 0) is 43.7 Å². The van der Waals surface area contributed by atoms with Gasteiger partial charge in [0, 0.05) is 12.1 Å². The number of benzene rings is 2. The molecule has 5 nitrogen and oxygen atoms in total. The second-order valence-electron chi connectivity index (χ2n) is 10.6. The highest BCUT2D eigenvalue weighted by molar-refractivity contribution is 5.94. The summed E-state index contributed by atoms with van der Waals surface area (Å²) in [7, 11) is 1.61. The van der Waals surface area contributed by atoms with Crippen LogP contribution in [0.25, 0.3) is 11.0 Å². The minimum Gasteiger partial charge on any atom is -0.497 e. The summed E-state index contributed by atoms with van der Waals surface area (Å²) in [5.74, 6) is 1.47. The molecule has 1 atom stereocenters. The fraction of sp³-hybridized carbons (Fsp3) is 0.576. The number of hydrogen-bond acceptors (Lipinski definition) is 3. The van der Waals surface area contributed by atoms with Crippen molar-refractivity contribution in [1.29, 1.82) is 0 Å². The van der Waals surface area contributed by atoms with Crippen LogP contribution < -0.4 is 10.1 Å². The van der Waals surface area contributed by atoms with Gasteiger partial charge >= 0.3 is 0 Å². The van der Waals surface area contributed by atoms with Gasteiger partial charge in [-0.2, -0.15) is 0 Å².